The van der Waals surface area contributed by atoms with Crippen molar-refractivity contribution in [1.82, 2.24) is 5.32 Å². The first-order valence-corrected chi connectivity index (χ1v) is 36.9. The van der Waals surface area contributed by atoms with E-state index < -0.39 is 6.10 Å². The van der Waals surface area contributed by atoms with Gasteiger partial charge >= 0.3 is 0 Å². The summed E-state index contributed by atoms with van der Waals surface area (Å²) < 4.78 is 91.1. The number of aliphatic hydroxyl groups excluding tert-OH is 3. The maximum Gasteiger partial charge on any atom is 0.161 e. The van der Waals surface area contributed by atoms with E-state index in [1.165, 1.54) is 32.0 Å². The van der Waals surface area contributed by atoms with Crippen LogP contribution >= 0.6 is 0 Å². The van der Waals surface area contributed by atoms with Gasteiger partial charge in [-0.05, 0) is 151 Å². The van der Waals surface area contributed by atoms with Crippen molar-refractivity contribution in [2.75, 3.05) is 147 Å². The number of rotatable bonds is 26. The number of phenols is 3. The fourth-order valence-corrected chi connectivity index (χ4v) is 9.56. The lowest BCUT2D eigenvalue weighted by atomic mass is 10.1. The number of hydrogen-bond acceptors (Lipinski definition) is 28. The topological polar surface area (TPSA) is 362 Å². The first-order chi connectivity index (χ1) is 54.6. The fourth-order valence-electron chi connectivity index (χ4n) is 9.56. The summed E-state index contributed by atoms with van der Waals surface area (Å²) in [5, 5.41) is 55.0. The van der Waals surface area contributed by atoms with Crippen molar-refractivity contribution >= 4 is 24.6 Å². The fraction of sp³-hybridized carbons (Fsp3) is 0.452. The molecule has 7 N–H and O–H groups in total. The van der Waals surface area contributed by atoms with Crippen LogP contribution in [-0.2, 0) is 54.0 Å². The van der Waals surface area contributed by atoms with Crippen LogP contribution in [0.2, 0.25) is 0 Å². The highest BCUT2D eigenvalue weighted by Crippen LogP contribution is 2.35. The number of carbonyl (C=O) groups is 4. The van der Waals surface area contributed by atoms with Crippen molar-refractivity contribution in [1.29, 1.82) is 0 Å². The second-order valence-corrected chi connectivity index (χ2v) is 23.9. The van der Waals surface area contributed by atoms with Gasteiger partial charge in [0.25, 0.3) is 0 Å². The van der Waals surface area contributed by atoms with Gasteiger partial charge in [0.05, 0.1) is 59.0 Å². The Morgan fingerprint density at radius 1 is 0.464 bits per heavy atom. The number of aldehydes is 3. The van der Waals surface area contributed by atoms with Crippen LogP contribution in [-0.4, -0.2) is 245 Å². The number of Topliss-reactive ketones (excluding diaryl/α,β-unsaturated/α-hetero) is 1. The van der Waals surface area contributed by atoms with Gasteiger partial charge in [-0.3, -0.25) is 9.59 Å². The van der Waals surface area contributed by atoms with Crippen molar-refractivity contribution in [3.63, 3.8) is 0 Å². The first-order valence-electron chi connectivity index (χ1n) is 36.9. The van der Waals surface area contributed by atoms with Gasteiger partial charge in [0.2, 0.25) is 0 Å². The number of para-hydroxylation sites is 10. The number of epoxide rings is 1. The zero-order valence-electron chi connectivity index (χ0n) is 65.7. The average Bonchev–Trinajstić information content (AvgIpc) is 1.13. The molecule has 7 unspecified atom stereocenters. The Hall–Kier alpha value is -9.82. The van der Waals surface area contributed by atoms with Crippen LogP contribution in [0.4, 0.5) is 0 Å². The van der Waals surface area contributed by atoms with Crippen molar-refractivity contribution in [3.8, 4) is 74.7 Å². The van der Waals surface area contributed by atoms with Gasteiger partial charge in [-0.15, -0.1) is 0 Å². The molecular weight excluding hydrogens is 1450 g/mol. The van der Waals surface area contributed by atoms with E-state index in [4.69, 9.17) is 116 Å². The molecule has 0 spiro atoms. The van der Waals surface area contributed by atoms with E-state index in [9.17, 15) is 14.7 Å². The molecule has 7 atom stereocenters. The van der Waals surface area contributed by atoms with Gasteiger partial charge in [-0.25, -0.2) is 0 Å². The number of ketones is 1. The monoisotopic (exact) mass is 1570 g/mol. The third kappa shape index (κ3) is 41.5. The second-order valence-electron chi connectivity index (χ2n) is 23.9. The van der Waals surface area contributed by atoms with E-state index in [0.29, 0.717) is 142 Å². The number of nitrogens with one attached hydrogen (secondary N) is 1. The molecule has 28 heteroatoms. The highest BCUT2D eigenvalue weighted by atomic mass is 16.6. The molecule has 7 aromatic rings. The molecule has 6 aliphatic heterocycles. The van der Waals surface area contributed by atoms with Crippen LogP contribution in [0.5, 0.6) is 74.7 Å². The Morgan fingerprint density at radius 3 is 1.10 bits per heavy atom. The Bertz CT molecular complexity index is 3330. The van der Waals surface area contributed by atoms with E-state index in [0.717, 1.165) is 96.6 Å². The Morgan fingerprint density at radius 2 is 0.804 bits per heavy atom. The molecule has 1 fully saturated rings. The zero-order chi connectivity index (χ0) is 81.8. The summed E-state index contributed by atoms with van der Waals surface area (Å²) in [6.07, 6.45) is 3.52. The van der Waals surface area contributed by atoms with Crippen LogP contribution in [0.15, 0.2) is 164 Å². The summed E-state index contributed by atoms with van der Waals surface area (Å²) >= 11 is 0. The van der Waals surface area contributed by atoms with Crippen molar-refractivity contribution < 1.29 is 130 Å². The van der Waals surface area contributed by atoms with E-state index in [-0.39, 0.29) is 60.2 Å². The van der Waals surface area contributed by atoms with E-state index in [1.54, 1.807) is 38.5 Å². The van der Waals surface area contributed by atoms with Gasteiger partial charge in [0.15, 0.2) is 99.5 Å². The highest BCUT2D eigenvalue weighted by molar-refractivity contribution is 5.80. The van der Waals surface area contributed by atoms with Crippen LogP contribution in [0.3, 0.4) is 0 Å². The lowest BCUT2D eigenvalue weighted by Crippen LogP contribution is -2.33. The number of hydrogen-bond donors (Lipinski definition) is 7. The van der Waals surface area contributed by atoms with E-state index in [2.05, 4.69) is 5.32 Å². The number of methoxy groups -OCH3 is 2. The molecule has 6 aliphatic rings. The molecule has 0 amide bonds. The molecule has 1 saturated heterocycles. The number of benzene rings is 7. The summed E-state index contributed by atoms with van der Waals surface area (Å²) in [4.78, 5) is 39.4. The van der Waals surface area contributed by atoms with Crippen molar-refractivity contribution in [2.24, 2.45) is 0 Å². The van der Waals surface area contributed by atoms with Gasteiger partial charge in [0.1, 0.15) is 69.5 Å². The first kappa shape index (κ1) is 96.4. The third-order valence-electron chi connectivity index (χ3n) is 14.8. The normalized spacial score (nSPS) is 16.8. The van der Waals surface area contributed by atoms with Crippen LogP contribution in [0, 0.1) is 0 Å². The molecule has 28 nitrogen and oxygen atoms in total. The molecular formula is C84H115NO27. The average molecular weight is 1570 g/mol. The van der Waals surface area contributed by atoms with Crippen LogP contribution < -0.4 is 52.7 Å². The van der Waals surface area contributed by atoms with Crippen LogP contribution in [0.25, 0.3) is 0 Å². The molecule has 112 heavy (non-hydrogen) atoms. The molecule has 0 radical (unpaired) electrons. The van der Waals surface area contributed by atoms with Crippen LogP contribution in [0.1, 0.15) is 70.3 Å². The molecule has 13 rings (SSSR count). The van der Waals surface area contributed by atoms with Crippen molar-refractivity contribution in [3.05, 3.63) is 175 Å². The van der Waals surface area contributed by atoms with Gasteiger partial charge in [0, 0.05) is 72.7 Å². The SMILES string of the molecule is CC=O.CC=O.CCOCC1COc2ccccc2O1.CCOCC1COc2ccccc2O1.CCOCC1COc2ccccc2O1.CCOCC1COc2ccccc2O1.CO.COCC(O)CNCCCC(=O)Cc1ccc(O)cc1.COCC1CO1.O=Cc1ccc(O)c(O)c1.OCC1COc2ccccc2O1. The summed E-state index contributed by atoms with van der Waals surface area (Å²) in [7, 11) is 4.23. The Balaban J connectivity index is 0.000000331. The van der Waals surface area contributed by atoms with Gasteiger partial charge in [-0.1, -0.05) is 72.8 Å². The predicted octanol–water partition coefficient (Wildman–Crippen LogP) is 10.1. The minimum Gasteiger partial charge on any atom is -0.508 e. The molecule has 0 bridgehead atoms. The number of ether oxygens (including phenoxy) is 17. The lowest BCUT2D eigenvalue weighted by Gasteiger charge is -2.26. The number of carbonyl (C=O) groups excluding carboxylic acids is 4. The Kier molecular flexibility index (Phi) is 52.4. The van der Waals surface area contributed by atoms with Gasteiger partial charge in [-0.2, -0.15) is 0 Å². The summed E-state index contributed by atoms with van der Waals surface area (Å²) in [5.74, 6) is 7.87. The second kappa shape index (κ2) is 60.9. The summed E-state index contributed by atoms with van der Waals surface area (Å²) in [6.45, 7) is 21.8. The maximum atomic E-state index is 11.7. The standard InChI is InChI=1S/C15H23NO4.4C11H14O3.C9H10O3.C7H6O3.C4H8O2.2C2H4O.CH4O/c1-20-11-15(19)10-16-8-2-3-14(18)9-12-4-6-13(17)7-5-12;4*1-2-12-7-9-8-13-10-5-3-4-6-11(10)14-9;10-5-7-6-11-8-3-1-2-4-9(8)12-7;8-4-5-1-2-6(9)7(10)3-5;1-5-2-4-3-6-4;2*1-2-3;1-2/h4-7,15-17,19H,2-3,8-11H2,1H3;4*3-6,9H,2,7-8H2,1H3;1-4,7,10H,5-6H2;1-4,9-10H;4H,2-3H2,1H3;2*2H,1H3;2H,1H3. The van der Waals surface area contributed by atoms with Crippen molar-refractivity contribution in [2.45, 2.75) is 104 Å². The minimum absolute atomic E-state index is 0.00562. The minimum atomic E-state index is -0.507. The molecule has 0 aromatic heterocycles. The van der Waals surface area contributed by atoms with E-state index >= 15 is 0 Å². The van der Waals surface area contributed by atoms with E-state index in [1.807, 2.05) is 149 Å². The highest BCUT2D eigenvalue weighted by Gasteiger charge is 2.25. The summed E-state index contributed by atoms with van der Waals surface area (Å²) in [5.41, 5.74) is 1.26. The summed E-state index contributed by atoms with van der Waals surface area (Å²) in [6, 6.07) is 48.8. The Labute approximate surface area is 657 Å². The molecule has 618 valence electrons. The molecule has 7 aromatic carbocycles. The molecule has 6 heterocycles. The quantitative estimate of drug-likeness (QED) is 0.0115. The zero-order valence-corrected chi connectivity index (χ0v) is 65.7. The lowest BCUT2D eigenvalue weighted by molar-refractivity contribution is -0.118. The third-order valence-corrected chi connectivity index (χ3v) is 14.8. The number of fused-ring (bicyclic) bond motifs is 5. The van der Waals surface area contributed by atoms with Gasteiger partial charge < -0.3 is 126 Å². The number of phenolic OH excluding ortho intramolecular Hbond substituents is 3. The number of aromatic hydroxyl groups is 3. The molecule has 0 saturated carbocycles. The smallest absolute Gasteiger partial charge is 0.161 e. The number of aliphatic hydroxyl groups is 3. The predicted molar refractivity (Wildman–Crippen MR) is 420 cm³/mol. The molecule has 0 aliphatic carbocycles. The largest absolute Gasteiger partial charge is 0.508 e. The maximum absolute atomic E-state index is 11.7.